The maximum Gasteiger partial charge on any atom is 0.446 e. The molecule has 21 nitrogen and oxygen atoms in total. The fourth-order valence-electron chi connectivity index (χ4n) is 8.21. The van der Waals surface area contributed by atoms with E-state index in [1.165, 1.54) is 4.68 Å². The number of nitrogens with zero attached hydrogens (tertiary/aromatic N) is 7. The molecule has 2 aliphatic rings. The number of carbonyl (C=O) groups is 6. The number of ether oxygens (including phenoxy) is 1. The van der Waals surface area contributed by atoms with E-state index in [9.17, 15) is 37.1 Å². The van der Waals surface area contributed by atoms with Gasteiger partial charge < -0.3 is 43.8 Å². The minimum atomic E-state index is -4.64. The van der Waals surface area contributed by atoms with Gasteiger partial charge in [-0.3, -0.25) is 28.9 Å². The molecule has 2 atom stereocenters. The molecule has 0 radical (unpaired) electrons. The lowest BCUT2D eigenvalue weighted by atomic mass is 10.0. The van der Waals surface area contributed by atoms with E-state index >= 15 is 0 Å². The fraction of sp³-hybridized carbons (Fsp3) is 0.333. The number of hydrogen-bond donors (Lipinski definition) is 7. The number of anilines is 2. The van der Waals surface area contributed by atoms with Crippen molar-refractivity contribution in [3.05, 3.63) is 130 Å². The summed E-state index contributed by atoms with van der Waals surface area (Å²) in [6, 6.07) is 20.1. The van der Waals surface area contributed by atoms with Gasteiger partial charge in [0.2, 0.25) is 6.29 Å². The molecule has 2 saturated heterocycles. The molecule has 6 heterocycles. The van der Waals surface area contributed by atoms with Crippen molar-refractivity contribution in [2.45, 2.75) is 97.0 Å². The summed E-state index contributed by atoms with van der Waals surface area (Å²) in [6.07, 6.45) is 2.42. The van der Waals surface area contributed by atoms with Crippen molar-refractivity contribution in [2.75, 3.05) is 35.4 Å². The zero-order chi connectivity index (χ0) is 54.8. The highest BCUT2D eigenvalue weighted by Crippen LogP contribution is 2.35. The molecule has 396 valence electrons. The number of nitrogens with two attached hydrogens (primary N) is 4. The molecule has 0 aliphatic carbocycles. The average molecular weight is 1040 g/mol. The van der Waals surface area contributed by atoms with E-state index in [1.807, 2.05) is 26.0 Å². The molecule has 0 saturated carbocycles. The van der Waals surface area contributed by atoms with Gasteiger partial charge in [0.1, 0.15) is 34.4 Å². The van der Waals surface area contributed by atoms with E-state index in [-0.39, 0.29) is 34.9 Å². The number of halogens is 3. The van der Waals surface area contributed by atoms with Crippen molar-refractivity contribution in [3.8, 4) is 22.5 Å². The van der Waals surface area contributed by atoms with Gasteiger partial charge in [-0.1, -0.05) is 30.7 Å². The lowest BCUT2D eigenvalue weighted by molar-refractivity contribution is -0.156. The number of primary amides is 2. The van der Waals surface area contributed by atoms with Crippen LogP contribution in [0.4, 0.5) is 29.6 Å². The number of hydrogen-bond acceptors (Lipinski definition) is 14. The number of nitrogen functional groups attached to an aromatic ring is 2. The minimum Gasteiger partial charge on any atom is -0.444 e. The quantitative estimate of drug-likeness (QED) is 0.0557. The van der Waals surface area contributed by atoms with Gasteiger partial charge in [-0.2, -0.15) is 13.2 Å². The number of benzene rings is 2. The lowest BCUT2D eigenvalue weighted by Gasteiger charge is -2.36. The van der Waals surface area contributed by atoms with Gasteiger partial charge in [0.15, 0.2) is 17.2 Å². The molecule has 75 heavy (non-hydrogen) atoms. The van der Waals surface area contributed by atoms with E-state index in [4.69, 9.17) is 32.7 Å². The van der Waals surface area contributed by atoms with Gasteiger partial charge >= 0.3 is 12.3 Å². The maximum atomic E-state index is 12.9. The first-order valence-electron chi connectivity index (χ1n) is 23.7. The van der Waals surface area contributed by atoms with Gasteiger partial charge in [-0.15, -0.1) is 0 Å². The monoisotopic (exact) mass is 1040 g/mol. The van der Waals surface area contributed by atoms with Crippen molar-refractivity contribution in [2.24, 2.45) is 11.5 Å². The summed E-state index contributed by atoms with van der Waals surface area (Å²) in [5, 5.41) is 8.92. The number of imidazole rings is 2. The van der Waals surface area contributed by atoms with E-state index < -0.39 is 42.0 Å². The number of nitrogens with one attached hydrogen (secondary N) is 3. The Labute approximate surface area is 429 Å². The summed E-state index contributed by atoms with van der Waals surface area (Å²) in [5.41, 5.74) is 15.5. The van der Waals surface area contributed by atoms with Crippen LogP contribution in [0.25, 0.3) is 22.5 Å². The second-order valence-electron chi connectivity index (χ2n) is 18.7. The predicted octanol–water partition coefficient (Wildman–Crippen LogP) is 6.66. The highest BCUT2D eigenvalue weighted by Gasteiger charge is 2.36. The highest BCUT2D eigenvalue weighted by atomic mass is 19.4. The molecule has 5 amide bonds. The van der Waals surface area contributed by atoms with Crippen LogP contribution in [0.2, 0.25) is 0 Å². The van der Waals surface area contributed by atoms with Crippen LogP contribution < -0.4 is 39.1 Å². The number of likely N-dealkylation sites (tertiary alicyclic amines) is 1. The Hall–Kier alpha value is -8.67. The first-order chi connectivity index (χ1) is 35.4. The van der Waals surface area contributed by atoms with E-state index in [2.05, 4.69) is 35.9 Å². The molecular formula is C51H59F3N14O7. The van der Waals surface area contributed by atoms with Crippen LogP contribution in [-0.2, 0) is 9.53 Å². The molecule has 4 aromatic heterocycles. The van der Waals surface area contributed by atoms with Crippen LogP contribution in [0, 0.1) is 13.8 Å². The standard InChI is InChI=1S/C27H33N7O4.C22H25N7O2.C2HF3O/c1-16-12-13-30-20(15-16)31-25(36)18-10-8-17(9-11-18)21-22(23(28)35)34(29)24(32-21)19-7-5-6-14-33(19)26(37)38-27(2,3)4;1-13-9-11-26-17(12-13)27-22(31)15-7-5-14(6-8-15)18-19(20(23)30)29(24)21(28-18)16-4-2-3-10-25-16;3-2(4,5)1-6/h8-13,15,19H,5-7,14,29H2,1-4H3,(H2,28,35)(H,30,31,36);5-9,11-12,16,25H,2-4,10,24H2,1H3,(H2,23,30)(H,26,27,31);1H/t19-;16-;/m00./s1. The second-order valence-corrected chi connectivity index (χ2v) is 18.7. The number of piperidine rings is 2. The SMILES string of the molecule is Cc1ccnc(NC(=O)c2ccc(-c3nc([C@@H]4CCCCN4)n(N)c3C(N)=O)cc2)c1.Cc1ccnc(NC(=O)c2ccc(-c3nc([C@@H]4CCCCN4C(=O)OC(C)(C)C)n(N)c3C(N)=O)cc2)c1.O=CC(F)(F)F. The summed E-state index contributed by atoms with van der Waals surface area (Å²) in [4.78, 5) is 90.6. The molecule has 11 N–H and O–H groups in total. The molecule has 8 rings (SSSR count). The van der Waals surface area contributed by atoms with Crippen molar-refractivity contribution >= 4 is 47.6 Å². The average Bonchev–Trinajstić information content (AvgIpc) is 3.91. The zero-order valence-electron chi connectivity index (χ0n) is 41.9. The number of pyridine rings is 2. The third-order valence-electron chi connectivity index (χ3n) is 11.7. The molecule has 6 aromatic rings. The van der Waals surface area contributed by atoms with E-state index in [0.29, 0.717) is 64.2 Å². The van der Waals surface area contributed by atoms with Crippen LogP contribution in [0.5, 0.6) is 0 Å². The normalized spacial score (nSPS) is 15.5. The topological polar surface area (TPSA) is 316 Å². The van der Waals surface area contributed by atoms with Crippen LogP contribution in [0.1, 0.15) is 136 Å². The van der Waals surface area contributed by atoms with Crippen molar-refractivity contribution in [1.82, 2.24) is 39.5 Å². The molecule has 0 bridgehead atoms. The smallest absolute Gasteiger partial charge is 0.444 e. The number of rotatable bonds is 10. The Morgan fingerprint density at radius 3 is 1.56 bits per heavy atom. The number of aldehydes is 1. The third-order valence-corrected chi connectivity index (χ3v) is 11.7. The van der Waals surface area contributed by atoms with E-state index in [1.54, 1.807) is 98.7 Å². The third kappa shape index (κ3) is 14.5. The second kappa shape index (κ2) is 23.9. The number of carbonyl (C=O) groups excluding carboxylic acids is 6. The van der Waals surface area contributed by atoms with Crippen molar-refractivity contribution < 1.29 is 46.7 Å². The molecule has 2 fully saturated rings. The summed E-state index contributed by atoms with van der Waals surface area (Å²) >= 11 is 0. The van der Waals surface area contributed by atoms with Crippen molar-refractivity contribution in [3.63, 3.8) is 0 Å². The first-order valence-corrected chi connectivity index (χ1v) is 23.7. The first kappa shape index (κ1) is 55.6. The Balaban J connectivity index is 0.000000223. The maximum absolute atomic E-state index is 12.9. The van der Waals surface area contributed by atoms with Gasteiger partial charge in [0.25, 0.3) is 23.6 Å². The number of aryl methyl sites for hydroxylation is 2. The Bertz CT molecular complexity index is 3040. The molecule has 2 aliphatic heterocycles. The predicted molar refractivity (Wildman–Crippen MR) is 273 cm³/mol. The number of alkyl halides is 3. The molecule has 24 heteroatoms. The minimum absolute atomic E-state index is 0.0101. The summed E-state index contributed by atoms with van der Waals surface area (Å²) < 4.78 is 39.3. The fourth-order valence-corrected chi connectivity index (χ4v) is 8.21. The summed E-state index contributed by atoms with van der Waals surface area (Å²) in [5.74, 6) is 12.4. The van der Waals surface area contributed by atoms with Crippen LogP contribution in [-0.4, -0.2) is 95.1 Å². The summed E-state index contributed by atoms with van der Waals surface area (Å²) in [7, 11) is 0. The van der Waals surface area contributed by atoms with Crippen molar-refractivity contribution in [1.29, 1.82) is 0 Å². The Morgan fingerprint density at radius 2 is 1.15 bits per heavy atom. The van der Waals surface area contributed by atoms with Crippen LogP contribution >= 0.6 is 0 Å². The van der Waals surface area contributed by atoms with Gasteiger partial charge in [-0.05, 0) is 133 Å². The lowest BCUT2D eigenvalue weighted by Crippen LogP contribution is -2.43. The van der Waals surface area contributed by atoms with Gasteiger partial charge in [0, 0.05) is 41.2 Å². The Kier molecular flexibility index (Phi) is 17.7. The highest BCUT2D eigenvalue weighted by molar-refractivity contribution is 6.05. The van der Waals surface area contributed by atoms with Gasteiger partial charge in [0.05, 0.1) is 12.1 Å². The molecule has 0 unspecified atom stereocenters. The Morgan fingerprint density at radius 1 is 0.693 bits per heavy atom. The van der Waals surface area contributed by atoms with Gasteiger partial charge in [-0.25, -0.2) is 34.1 Å². The summed E-state index contributed by atoms with van der Waals surface area (Å²) in [6.45, 7) is 10.6. The molecule has 2 aromatic carbocycles. The van der Waals surface area contributed by atoms with Crippen LogP contribution in [0.15, 0.2) is 85.2 Å². The van der Waals surface area contributed by atoms with Crippen LogP contribution in [0.3, 0.4) is 0 Å². The molecular weight excluding hydrogens is 978 g/mol. The van der Waals surface area contributed by atoms with E-state index in [0.717, 1.165) is 54.5 Å². The number of amides is 5. The number of aromatic nitrogens is 6. The molecule has 0 spiro atoms. The zero-order valence-corrected chi connectivity index (χ0v) is 41.9. The largest absolute Gasteiger partial charge is 0.446 e.